The summed E-state index contributed by atoms with van der Waals surface area (Å²) in [6.45, 7) is 3.20. The molecule has 4 aromatic rings. The molecule has 9 heteroatoms. The molecule has 180 valence electrons. The molecule has 1 saturated heterocycles. The second-order valence-corrected chi connectivity index (χ2v) is 8.72. The van der Waals surface area contributed by atoms with E-state index in [4.69, 9.17) is 19.9 Å². The lowest BCUT2D eigenvalue weighted by molar-refractivity contribution is 0.0856. The number of pyridine rings is 2. The van der Waals surface area contributed by atoms with Crippen molar-refractivity contribution in [3.05, 3.63) is 81.2 Å². The van der Waals surface area contributed by atoms with Gasteiger partial charge in [0.25, 0.3) is 11.5 Å². The molecule has 0 spiro atoms. The Morgan fingerprint density at radius 1 is 1.26 bits per heavy atom. The lowest BCUT2D eigenvalue weighted by Gasteiger charge is -2.16. The highest BCUT2D eigenvalue weighted by molar-refractivity contribution is 5.96. The number of carbonyl (C=O) groups excluding carboxylic acids is 1. The van der Waals surface area contributed by atoms with Gasteiger partial charge in [-0.3, -0.25) is 19.4 Å². The van der Waals surface area contributed by atoms with E-state index in [0.29, 0.717) is 24.4 Å². The molecular formula is C26H27N5O4. The molecule has 35 heavy (non-hydrogen) atoms. The first-order valence-electron chi connectivity index (χ1n) is 11.6. The maximum atomic E-state index is 13.5. The van der Waals surface area contributed by atoms with Gasteiger partial charge in [-0.25, -0.2) is 4.98 Å². The van der Waals surface area contributed by atoms with E-state index in [1.807, 2.05) is 37.3 Å². The molecule has 1 unspecified atom stereocenters. The van der Waals surface area contributed by atoms with Gasteiger partial charge in [0, 0.05) is 19.3 Å². The summed E-state index contributed by atoms with van der Waals surface area (Å²) >= 11 is 0. The molecular weight excluding hydrogens is 446 g/mol. The lowest BCUT2D eigenvalue weighted by Crippen LogP contribution is -2.38. The first-order valence-corrected chi connectivity index (χ1v) is 11.6. The van der Waals surface area contributed by atoms with Crippen LogP contribution in [0.2, 0.25) is 0 Å². The molecule has 0 saturated carbocycles. The first kappa shape index (κ1) is 22.8. The number of nitrogens with zero attached hydrogens (tertiary/aromatic N) is 3. The molecule has 1 aliphatic heterocycles. The fraction of sp³-hybridized carbons (Fsp3) is 0.308. The van der Waals surface area contributed by atoms with Gasteiger partial charge in [-0.1, -0.05) is 18.2 Å². The summed E-state index contributed by atoms with van der Waals surface area (Å²) in [5.41, 5.74) is 2.43. The number of aryl methyl sites for hydroxylation is 1. The van der Waals surface area contributed by atoms with Crippen LogP contribution in [0.1, 0.15) is 34.3 Å². The van der Waals surface area contributed by atoms with Crippen molar-refractivity contribution in [2.45, 2.75) is 32.4 Å². The molecule has 1 amide bonds. The number of amides is 1. The third kappa shape index (κ3) is 4.30. The van der Waals surface area contributed by atoms with Crippen LogP contribution in [-0.4, -0.2) is 46.2 Å². The van der Waals surface area contributed by atoms with Gasteiger partial charge in [0.15, 0.2) is 0 Å². The highest BCUT2D eigenvalue weighted by Gasteiger charge is 2.21. The summed E-state index contributed by atoms with van der Waals surface area (Å²) in [5.74, 6) is 0.305. The van der Waals surface area contributed by atoms with E-state index in [-0.39, 0.29) is 34.6 Å². The molecule has 1 aromatic carbocycles. The molecule has 1 aliphatic rings. The van der Waals surface area contributed by atoms with Crippen molar-refractivity contribution in [2.24, 2.45) is 0 Å². The summed E-state index contributed by atoms with van der Waals surface area (Å²) in [5, 5.41) is 12.1. The van der Waals surface area contributed by atoms with Crippen molar-refractivity contribution in [1.29, 1.82) is 5.41 Å². The van der Waals surface area contributed by atoms with Crippen molar-refractivity contribution >= 4 is 22.6 Å². The van der Waals surface area contributed by atoms with Crippen LogP contribution >= 0.6 is 0 Å². The average molecular weight is 474 g/mol. The summed E-state index contributed by atoms with van der Waals surface area (Å²) < 4.78 is 13.9. The second kappa shape index (κ2) is 9.34. The Morgan fingerprint density at radius 3 is 2.77 bits per heavy atom. The van der Waals surface area contributed by atoms with Gasteiger partial charge in [-0.05, 0) is 55.2 Å². The Kier molecular flexibility index (Phi) is 6.08. The Hall–Kier alpha value is -3.98. The van der Waals surface area contributed by atoms with Crippen molar-refractivity contribution < 1.29 is 14.3 Å². The third-order valence-electron chi connectivity index (χ3n) is 6.39. The molecule has 4 heterocycles. The summed E-state index contributed by atoms with van der Waals surface area (Å²) in [4.78, 5) is 31.4. The van der Waals surface area contributed by atoms with Crippen LogP contribution in [0, 0.1) is 12.3 Å². The number of methoxy groups -OCH3 is 1. The second-order valence-electron chi connectivity index (χ2n) is 8.72. The number of hydrogen-bond donors (Lipinski definition) is 2. The molecule has 0 bridgehead atoms. The molecule has 2 N–H and O–H groups in total. The minimum Gasteiger partial charge on any atom is -0.497 e. The predicted octanol–water partition coefficient (Wildman–Crippen LogP) is 2.40. The van der Waals surface area contributed by atoms with Gasteiger partial charge < -0.3 is 19.4 Å². The molecule has 1 fully saturated rings. The van der Waals surface area contributed by atoms with Crippen LogP contribution < -0.4 is 21.1 Å². The zero-order valence-corrected chi connectivity index (χ0v) is 19.7. The summed E-state index contributed by atoms with van der Waals surface area (Å²) in [6, 6.07) is 12.6. The van der Waals surface area contributed by atoms with Gasteiger partial charge in [0.2, 0.25) is 0 Å². The average Bonchev–Trinajstić information content (AvgIpc) is 3.39. The van der Waals surface area contributed by atoms with Gasteiger partial charge in [0.1, 0.15) is 22.5 Å². The fourth-order valence-corrected chi connectivity index (χ4v) is 4.44. The van der Waals surface area contributed by atoms with Crippen molar-refractivity contribution in [3.63, 3.8) is 0 Å². The first-order chi connectivity index (χ1) is 17.0. The van der Waals surface area contributed by atoms with Crippen LogP contribution in [-0.2, 0) is 11.3 Å². The minimum absolute atomic E-state index is 0.0111. The van der Waals surface area contributed by atoms with Crippen molar-refractivity contribution in [2.75, 3.05) is 20.3 Å². The third-order valence-corrected chi connectivity index (χ3v) is 6.39. The number of rotatable bonds is 6. The molecule has 0 radical (unpaired) electrons. The maximum absolute atomic E-state index is 13.5. The van der Waals surface area contributed by atoms with Crippen LogP contribution in [0.5, 0.6) is 5.75 Å². The van der Waals surface area contributed by atoms with E-state index >= 15 is 0 Å². The van der Waals surface area contributed by atoms with Crippen molar-refractivity contribution in [3.8, 4) is 5.75 Å². The van der Waals surface area contributed by atoms with E-state index in [1.165, 1.54) is 10.5 Å². The number of fused-ring (bicyclic) bond motifs is 2. The number of benzene rings is 1. The zero-order valence-electron chi connectivity index (χ0n) is 19.7. The highest BCUT2D eigenvalue weighted by atomic mass is 16.5. The van der Waals surface area contributed by atoms with Crippen LogP contribution in [0.3, 0.4) is 0 Å². The highest BCUT2D eigenvalue weighted by Crippen LogP contribution is 2.17. The van der Waals surface area contributed by atoms with E-state index in [2.05, 4.69) is 5.32 Å². The minimum atomic E-state index is -0.412. The van der Waals surface area contributed by atoms with Crippen LogP contribution in [0.4, 0.5) is 0 Å². The Morgan fingerprint density at radius 2 is 2.06 bits per heavy atom. The van der Waals surface area contributed by atoms with Gasteiger partial charge in [-0.15, -0.1) is 0 Å². The quantitative estimate of drug-likeness (QED) is 0.418. The SMILES string of the molecule is COc1ccc(Cn2c(=N)c(C(=O)NCC3CCCO3)cc3c(=O)n4cccc(C)c4nc32)cc1. The van der Waals surface area contributed by atoms with Gasteiger partial charge in [-0.2, -0.15) is 0 Å². The molecule has 9 nitrogen and oxygen atoms in total. The van der Waals surface area contributed by atoms with E-state index < -0.39 is 5.91 Å². The molecule has 0 aliphatic carbocycles. The van der Waals surface area contributed by atoms with E-state index in [9.17, 15) is 9.59 Å². The number of carbonyl (C=O) groups is 1. The zero-order chi connectivity index (χ0) is 24.5. The smallest absolute Gasteiger partial charge is 0.267 e. The Labute approximate surface area is 201 Å². The van der Waals surface area contributed by atoms with Crippen LogP contribution in [0.25, 0.3) is 16.7 Å². The maximum Gasteiger partial charge on any atom is 0.267 e. The van der Waals surface area contributed by atoms with Crippen molar-refractivity contribution in [1.82, 2.24) is 19.3 Å². The summed E-state index contributed by atoms with van der Waals surface area (Å²) in [6.07, 6.45) is 3.49. The fourth-order valence-electron chi connectivity index (χ4n) is 4.44. The number of ether oxygens (including phenoxy) is 2. The normalized spacial score (nSPS) is 15.5. The number of nitrogens with one attached hydrogen (secondary N) is 2. The van der Waals surface area contributed by atoms with Gasteiger partial charge in [0.05, 0.1) is 30.7 Å². The van der Waals surface area contributed by atoms with E-state index in [1.54, 1.807) is 23.9 Å². The lowest BCUT2D eigenvalue weighted by atomic mass is 10.1. The largest absolute Gasteiger partial charge is 0.497 e. The molecule has 3 aromatic heterocycles. The monoisotopic (exact) mass is 473 g/mol. The Bertz CT molecular complexity index is 1530. The molecule has 1 atom stereocenters. The number of aromatic nitrogens is 3. The Balaban J connectivity index is 1.67. The molecule has 5 rings (SSSR count). The number of hydrogen-bond acceptors (Lipinski definition) is 6. The summed E-state index contributed by atoms with van der Waals surface area (Å²) in [7, 11) is 1.60. The predicted molar refractivity (Wildman–Crippen MR) is 131 cm³/mol. The van der Waals surface area contributed by atoms with E-state index in [0.717, 1.165) is 29.7 Å². The standard InChI is InChI=1S/C26H27N5O4/c1-16-5-3-11-30-23(16)29-24-21(26(30)33)13-20(25(32)28-14-19-6-4-12-35-19)22(27)31(24)15-17-7-9-18(34-2)10-8-17/h3,5,7-11,13,19,27H,4,6,12,14-15H2,1-2H3,(H,28,32). The van der Waals surface area contributed by atoms with Gasteiger partial charge >= 0.3 is 0 Å². The van der Waals surface area contributed by atoms with Crippen LogP contribution in [0.15, 0.2) is 53.5 Å². The topological polar surface area (TPSA) is 111 Å².